The smallest absolute Gasteiger partial charge is 0.341 e. The van der Waals surface area contributed by atoms with E-state index in [1.807, 2.05) is 0 Å². The molecule has 2 aromatic carbocycles. The van der Waals surface area contributed by atoms with Gasteiger partial charge in [0, 0.05) is 6.42 Å². The summed E-state index contributed by atoms with van der Waals surface area (Å²) < 4.78 is 16.0. The van der Waals surface area contributed by atoms with Gasteiger partial charge in [-0.2, -0.15) is 0 Å². The Labute approximate surface area is 201 Å². The van der Waals surface area contributed by atoms with Crippen molar-refractivity contribution in [3.8, 4) is 11.5 Å². The van der Waals surface area contributed by atoms with Gasteiger partial charge in [-0.25, -0.2) is 4.79 Å². The van der Waals surface area contributed by atoms with Gasteiger partial charge in [-0.3, -0.25) is 0 Å². The van der Waals surface area contributed by atoms with Gasteiger partial charge >= 0.3 is 5.97 Å². The highest BCUT2D eigenvalue weighted by Crippen LogP contribution is 2.25. The Morgan fingerprint density at radius 1 is 1.00 bits per heavy atom. The maximum absolute atomic E-state index is 12.6. The average Bonchev–Trinajstić information content (AvgIpc) is 2.84. The Bertz CT molecular complexity index is 960. The van der Waals surface area contributed by atoms with Crippen molar-refractivity contribution in [1.29, 1.82) is 0 Å². The van der Waals surface area contributed by atoms with Crippen LogP contribution in [0, 0.1) is 0 Å². The van der Waals surface area contributed by atoms with Gasteiger partial charge in [0.25, 0.3) is 0 Å². The van der Waals surface area contributed by atoms with E-state index in [4.69, 9.17) is 14.2 Å². The van der Waals surface area contributed by atoms with E-state index in [1.165, 1.54) is 43.3 Å². The van der Waals surface area contributed by atoms with Gasteiger partial charge in [0.2, 0.25) is 6.29 Å². The molecule has 1 heterocycles. The minimum absolute atomic E-state index is 0.0240. The lowest BCUT2D eigenvalue weighted by atomic mass is 9.89. The number of aromatic hydroxyl groups is 1. The monoisotopic (exact) mass is 494 g/mol. The zero-order valence-corrected chi connectivity index (χ0v) is 19.0. The molecule has 7 N–H and O–H groups in total. The number of rotatable bonds is 9. The van der Waals surface area contributed by atoms with Crippen LogP contribution in [0.1, 0.15) is 18.1 Å². The summed E-state index contributed by atoms with van der Waals surface area (Å²) in [6, 6.07) is 11.9. The molecule has 0 radical (unpaired) electrons. The maximum Gasteiger partial charge on any atom is 0.341 e. The molecular weight excluding hydrogens is 464 g/mol. The average molecular weight is 494 g/mol. The van der Waals surface area contributed by atoms with Gasteiger partial charge in [-0.15, -0.1) is 0 Å². The van der Waals surface area contributed by atoms with Crippen LogP contribution in [0.2, 0.25) is 0 Å². The lowest BCUT2D eigenvalue weighted by Gasteiger charge is -2.39. The molecule has 11 heteroatoms. The molecule has 0 bridgehead atoms. The van der Waals surface area contributed by atoms with E-state index < -0.39 is 55.0 Å². The summed E-state index contributed by atoms with van der Waals surface area (Å²) in [6.45, 7) is 0.470. The zero-order valence-electron chi connectivity index (χ0n) is 19.0. The number of phenols is 1. The van der Waals surface area contributed by atoms with Crippen molar-refractivity contribution >= 4 is 5.97 Å². The largest absolute Gasteiger partial charge is 0.508 e. The van der Waals surface area contributed by atoms with Crippen LogP contribution in [0.15, 0.2) is 48.5 Å². The summed E-state index contributed by atoms with van der Waals surface area (Å²) in [7, 11) is 0. The first-order valence-electron chi connectivity index (χ1n) is 11.0. The quantitative estimate of drug-likeness (QED) is 0.211. The van der Waals surface area contributed by atoms with E-state index in [0.717, 1.165) is 0 Å². The molecule has 7 unspecified atom stereocenters. The minimum atomic E-state index is -2.21. The number of hydrogen-bond donors (Lipinski definition) is 7. The molecule has 1 saturated heterocycles. The number of benzene rings is 2. The Balaban J connectivity index is 1.59. The first kappa shape index (κ1) is 26.8. The number of phenolic OH excluding ortho intramolecular Hbond substituents is 1. The first-order valence-corrected chi connectivity index (χ1v) is 11.0. The number of aliphatic hydroxyl groups excluding tert-OH is 5. The third kappa shape index (κ3) is 6.27. The molecule has 3 rings (SSSR count). The molecule has 1 aliphatic rings. The third-order valence-corrected chi connectivity index (χ3v) is 5.85. The number of carbonyl (C=O) groups excluding carboxylic acids is 1. The molecule has 2 aromatic rings. The molecule has 0 aliphatic carbocycles. The van der Waals surface area contributed by atoms with Crippen molar-refractivity contribution in [2.75, 3.05) is 6.61 Å². The first-order chi connectivity index (χ1) is 16.5. The lowest BCUT2D eigenvalue weighted by Crippen LogP contribution is -2.60. The fraction of sp³-hybridized carbons (Fsp3) is 0.458. The number of esters is 1. The van der Waals surface area contributed by atoms with Crippen molar-refractivity contribution in [2.24, 2.45) is 0 Å². The fourth-order valence-corrected chi connectivity index (χ4v) is 3.55. The Morgan fingerprint density at radius 2 is 1.60 bits per heavy atom. The van der Waals surface area contributed by atoms with Crippen LogP contribution in [0.3, 0.4) is 0 Å². The van der Waals surface area contributed by atoms with Gasteiger partial charge in [0.05, 0.1) is 12.7 Å². The molecule has 7 atom stereocenters. The highest BCUT2D eigenvalue weighted by atomic mass is 16.7. The van der Waals surface area contributed by atoms with Gasteiger partial charge in [0.15, 0.2) is 5.60 Å². The molecule has 0 aromatic heterocycles. The lowest BCUT2D eigenvalue weighted by molar-refractivity contribution is -0.277. The second-order valence-electron chi connectivity index (χ2n) is 8.48. The van der Waals surface area contributed by atoms with E-state index >= 15 is 0 Å². The van der Waals surface area contributed by atoms with Crippen LogP contribution >= 0.6 is 0 Å². The van der Waals surface area contributed by atoms with Crippen molar-refractivity contribution in [1.82, 2.24) is 0 Å². The Morgan fingerprint density at radius 3 is 2.17 bits per heavy atom. The summed E-state index contributed by atoms with van der Waals surface area (Å²) in [6.07, 6.45) is -8.73. The van der Waals surface area contributed by atoms with Gasteiger partial charge < -0.3 is 50.0 Å². The molecule has 192 valence electrons. The van der Waals surface area contributed by atoms with Crippen LogP contribution in [-0.4, -0.2) is 90.7 Å². The molecule has 11 nitrogen and oxygen atoms in total. The molecule has 0 saturated carbocycles. The summed E-state index contributed by atoms with van der Waals surface area (Å²) in [5.41, 5.74) is -1.17. The molecule has 0 amide bonds. The van der Waals surface area contributed by atoms with Crippen LogP contribution in [0.5, 0.6) is 11.5 Å². The molecule has 1 fully saturated rings. The Kier molecular flexibility index (Phi) is 8.67. The summed E-state index contributed by atoms with van der Waals surface area (Å²) >= 11 is 0. The highest BCUT2D eigenvalue weighted by molar-refractivity contribution is 5.80. The number of carbonyl (C=O) groups is 1. The zero-order chi connectivity index (χ0) is 25.8. The van der Waals surface area contributed by atoms with E-state index in [-0.39, 0.29) is 24.5 Å². The molecular formula is C24H30O11. The summed E-state index contributed by atoms with van der Waals surface area (Å²) in [5.74, 6) is -0.768. The SMILES string of the molecule is CC(O)C(O)(Cc1ccc(O)cc1)C(=O)OCc1ccc(OC2OC(CO)C(O)C(O)C2O)cc1. The Hall–Kier alpha value is -2.77. The number of aliphatic hydroxyl groups is 6. The van der Waals surface area contributed by atoms with Crippen molar-refractivity contribution in [2.45, 2.75) is 62.4 Å². The van der Waals surface area contributed by atoms with Crippen LogP contribution in [-0.2, 0) is 27.3 Å². The predicted octanol–water partition coefficient (Wildman–Crippen LogP) is -1.03. The van der Waals surface area contributed by atoms with Gasteiger partial charge in [-0.05, 0) is 42.3 Å². The van der Waals surface area contributed by atoms with Crippen LogP contribution in [0.4, 0.5) is 0 Å². The van der Waals surface area contributed by atoms with Crippen LogP contribution in [0.25, 0.3) is 0 Å². The molecule has 0 spiro atoms. The van der Waals surface area contributed by atoms with E-state index in [9.17, 15) is 40.5 Å². The van der Waals surface area contributed by atoms with E-state index in [0.29, 0.717) is 11.1 Å². The summed E-state index contributed by atoms with van der Waals surface area (Å²) in [5, 5.41) is 69.2. The highest BCUT2D eigenvalue weighted by Gasteiger charge is 2.45. The van der Waals surface area contributed by atoms with Gasteiger partial charge in [0.1, 0.15) is 42.5 Å². The second-order valence-corrected chi connectivity index (χ2v) is 8.48. The summed E-state index contributed by atoms with van der Waals surface area (Å²) in [4.78, 5) is 12.6. The predicted molar refractivity (Wildman–Crippen MR) is 119 cm³/mol. The topological polar surface area (TPSA) is 186 Å². The molecule has 35 heavy (non-hydrogen) atoms. The van der Waals surface area contributed by atoms with Crippen molar-refractivity contribution in [3.05, 3.63) is 59.7 Å². The number of hydrogen-bond acceptors (Lipinski definition) is 11. The van der Waals surface area contributed by atoms with E-state index in [2.05, 4.69) is 0 Å². The minimum Gasteiger partial charge on any atom is -0.508 e. The van der Waals surface area contributed by atoms with Gasteiger partial charge in [-0.1, -0.05) is 24.3 Å². The molecule has 1 aliphatic heterocycles. The van der Waals surface area contributed by atoms with Crippen molar-refractivity contribution in [3.63, 3.8) is 0 Å². The van der Waals surface area contributed by atoms with Crippen molar-refractivity contribution < 1.29 is 54.8 Å². The second kappa shape index (κ2) is 11.3. The fourth-order valence-electron chi connectivity index (χ4n) is 3.55. The van der Waals surface area contributed by atoms with E-state index in [1.54, 1.807) is 12.1 Å². The van der Waals surface area contributed by atoms with Crippen LogP contribution < -0.4 is 4.74 Å². The number of ether oxygens (including phenoxy) is 3. The third-order valence-electron chi connectivity index (χ3n) is 5.85. The normalized spacial score (nSPS) is 27.0. The standard InChI is InChI=1S/C24H30O11/c1-13(26)24(32,10-14-2-6-16(27)7-3-14)23(31)33-12-15-4-8-17(9-5-15)34-22-21(30)20(29)19(28)18(11-25)35-22/h2-9,13,18-22,25-30,32H,10-12H2,1H3. The maximum atomic E-state index is 12.6.